The van der Waals surface area contributed by atoms with Gasteiger partial charge in [-0.1, -0.05) is 0 Å². The molecule has 0 aromatic carbocycles. The van der Waals surface area contributed by atoms with Crippen molar-refractivity contribution < 1.29 is 4.57 Å². The lowest BCUT2D eigenvalue weighted by Crippen LogP contribution is -1.63. The molecule has 0 bridgehead atoms. The second-order valence-corrected chi connectivity index (χ2v) is 9.09. The average molecular weight is 252 g/mol. The molecule has 0 aliphatic heterocycles. The zero-order chi connectivity index (χ0) is 8.08. The third-order valence-electron chi connectivity index (χ3n) is 0. The summed E-state index contributed by atoms with van der Waals surface area (Å²) in [5.74, 6) is 0. The van der Waals surface area contributed by atoms with Gasteiger partial charge in [0.15, 0.2) is 0 Å². The van der Waals surface area contributed by atoms with Crippen LogP contribution in [0, 0.1) is 0 Å². The Labute approximate surface area is 78.3 Å². The predicted octanol–water partition coefficient (Wildman–Crippen LogP) is 4.62. The van der Waals surface area contributed by atoms with E-state index in [2.05, 4.69) is 33.7 Å². The minimum absolute atomic E-state index is 0.222. The maximum absolute atomic E-state index is 9.51. The van der Waals surface area contributed by atoms with Crippen LogP contribution in [-0.4, -0.2) is 4.84 Å². The van der Waals surface area contributed by atoms with Crippen LogP contribution in [0.2, 0.25) is 0 Å². The monoisotopic (exact) mass is 250 g/mol. The molecule has 0 rings (SSSR count). The Balaban J connectivity index is 0. The van der Waals surface area contributed by atoms with Gasteiger partial charge in [-0.2, -0.15) is 0 Å². The highest BCUT2D eigenvalue weighted by Gasteiger charge is 2.02. The van der Waals surface area contributed by atoms with Gasteiger partial charge in [0.2, 0.25) is 0 Å². The molecular formula is C2H4Cl5OP. The Bertz CT molecular complexity index is 86.1. The summed E-state index contributed by atoms with van der Waals surface area (Å²) in [7, 11) is 0. The third kappa shape index (κ3) is 202. The molecule has 58 valence electrons. The number of halogens is 5. The first kappa shape index (κ1) is 13.3. The summed E-state index contributed by atoms with van der Waals surface area (Å²) < 4.78 is 9.51. The van der Waals surface area contributed by atoms with Crippen LogP contribution in [0.5, 0.6) is 0 Å². The summed E-state index contributed by atoms with van der Waals surface area (Å²) in [4.78, 5) is -0.222. The molecular weight excluding hydrogens is 248 g/mol. The van der Waals surface area contributed by atoms with Gasteiger partial charge < -0.3 is 0 Å². The predicted molar refractivity (Wildman–Crippen MR) is 46.3 cm³/mol. The minimum atomic E-state index is -3.22. The van der Waals surface area contributed by atoms with Crippen LogP contribution >= 0.6 is 62.1 Å². The second-order valence-electron chi connectivity index (χ2n) is 0.918. The highest BCUT2D eigenvalue weighted by atomic mass is 36.0. The van der Waals surface area contributed by atoms with E-state index in [-0.39, 0.29) is 4.84 Å². The first-order valence-corrected chi connectivity index (χ1v) is 7.00. The van der Waals surface area contributed by atoms with Gasteiger partial charge in [0.05, 0.1) is 0 Å². The molecule has 0 aromatic heterocycles. The fourth-order valence-electron chi connectivity index (χ4n) is 0. The van der Waals surface area contributed by atoms with E-state index in [0.717, 1.165) is 0 Å². The van der Waals surface area contributed by atoms with Crippen molar-refractivity contribution in [2.24, 2.45) is 0 Å². The van der Waals surface area contributed by atoms with Crippen LogP contribution in [0.15, 0.2) is 0 Å². The van der Waals surface area contributed by atoms with Crippen molar-refractivity contribution in [3.63, 3.8) is 0 Å². The highest BCUT2D eigenvalue weighted by molar-refractivity contribution is 8.24. The molecule has 0 aromatic rings. The van der Waals surface area contributed by atoms with Crippen molar-refractivity contribution >= 4 is 62.1 Å². The van der Waals surface area contributed by atoms with E-state index < -0.39 is 5.20 Å². The smallest absolute Gasteiger partial charge is 0.271 e. The van der Waals surface area contributed by atoms with Crippen LogP contribution in [0.4, 0.5) is 0 Å². The molecule has 0 radical (unpaired) electrons. The molecule has 0 heterocycles. The number of rotatable bonds is 0. The van der Waals surface area contributed by atoms with Crippen molar-refractivity contribution in [2.45, 2.75) is 11.8 Å². The summed E-state index contributed by atoms with van der Waals surface area (Å²) in [6.07, 6.45) is 0. The molecule has 0 N–H and O–H groups in total. The fraction of sp³-hybridized carbons (Fsp3) is 1.00. The van der Waals surface area contributed by atoms with Crippen LogP contribution in [-0.2, 0) is 4.57 Å². The van der Waals surface area contributed by atoms with E-state index in [1.165, 1.54) is 0 Å². The Kier molecular flexibility index (Phi) is 9.44. The molecule has 0 unspecified atom stereocenters. The Morgan fingerprint density at radius 3 is 1.22 bits per heavy atom. The number of hydrogen-bond acceptors (Lipinski definition) is 1. The molecule has 0 amide bonds. The lowest BCUT2D eigenvalue weighted by molar-refractivity contribution is 0.600. The molecule has 0 saturated heterocycles. The summed E-state index contributed by atoms with van der Waals surface area (Å²) in [6, 6.07) is 0. The summed E-state index contributed by atoms with van der Waals surface area (Å²) in [6.45, 7) is 1.70. The van der Waals surface area contributed by atoms with Crippen molar-refractivity contribution in [1.82, 2.24) is 0 Å². The first-order chi connectivity index (χ1) is 3.73. The van der Waals surface area contributed by atoms with E-state index in [1.807, 2.05) is 0 Å². The minimum Gasteiger partial charge on any atom is -0.271 e. The fourth-order valence-corrected chi connectivity index (χ4v) is 0. The second kappa shape index (κ2) is 6.39. The zero-order valence-electron chi connectivity index (χ0n) is 4.32. The summed E-state index contributed by atoms with van der Waals surface area (Å²) in [5, 5.41) is -3.22. The van der Waals surface area contributed by atoms with Crippen molar-refractivity contribution in [2.75, 3.05) is 0 Å². The lowest BCUT2D eigenvalue weighted by atomic mass is 11.0. The molecule has 0 fully saturated rings. The maximum Gasteiger partial charge on any atom is 0.339 e. The zero-order valence-corrected chi connectivity index (χ0v) is 9.00. The van der Waals surface area contributed by atoms with Crippen molar-refractivity contribution in [1.29, 1.82) is 0 Å². The highest BCUT2D eigenvalue weighted by Crippen LogP contribution is 2.61. The molecule has 0 aliphatic rings. The summed E-state index contributed by atoms with van der Waals surface area (Å²) in [5.41, 5.74) is 0. The SMILES string of the molecule is CC(Cl)Cl.O=P(Cl)(Cl)Cl. The van der Waals surface area contributed by atoms with Crippen LogP contribution in [0.1, 0.15) is 6.92 Å². The summed E-state index contributed by atoms with van der Waals surface area (Å²) >= 11 is 23.9. The van der Waals surface area contributed by atoms with Gasteiger partial charge in [0, 0.05) is 0 Å². The number of hydrogen-bond donors (Lipinski definition) is 0. The molecule has 0 spiro atoms. The Morgan fingerprint density at radius 2 is 1.22 bits per heavy atom. The van der Waals surface area contributed by atoms with E-state index >= 15 is 0 Å². The molecule has 7 heteroatoms. The Morgan fingerprint density at radius 1 is 1.22 bits per heavy atom. The maximum atomic E-state index is 9.51. The van der Waals surface area contributed by atoms with E-state index in [4.69, 9.17) is 23.2 Å². The standard InChI is InChI=1S/C2H4Cl2.Cl3OP/c1-2(3)4;1-5(2,3)4/h2H,1H3;. The van der Waals surface area contributed by atoms with Gasteiger partial charge in [-0.05, 0) is 40.6 Å². The average Bonchev–Trinajstić information content (AvgIpc) is 1.19. The van der Waals surface area contributed by atoms with Crippen LogP contribution in [0.3, 0.4) is 0 Å². The quantitative estimate of drug-likeness (QED) is 0.454. The van der Waals surface area contributed by atoms with Gasteiger partial charge in [-0.25, -0.2) is 0 Å². The van der Waals surface area contributed by atoms with Gasteiger partial charge in [-0.3, -0.25) is 4.57 Å². The van der Waals surface area contributed by atoms with Crippen molar-refractivity contribution in [3.05, 3.63) is 0 Å². The topological polar surface area (TPSA) is 17.1 Å². The molecule has 0 saturated carbocycles. The van der Waals surface area contributed by atoms with Crippen LogP contribution in [0.25, 0.3) is 0 Å². The largest absolute Gasteiger partial charge is 0.339 e. The van der Waals surface area contributed by atoms with Gasteiger partial charge >= 0.3 is 5.20 Å². The van der Waals surface area contributed by atoms with Gasteiger partial charge in [0.1, 0.15) is 4.84 Å². The normalized spacial score (nSPS) is 10.6. The number of alkyl halides is 2. The Hall–Kier alpha value is 1.68. The van der Waals surface area contributed by atoms with E-state index in [1.54, 1.807) is 6.92 Å². The molecule has 0 atom stereocenters. The first-order valence-electron chi connectivity index (χ1n) is 1.70. The molecule has 0 aliphatic carbocycles. The van der Waals surface area contributed by atoms with E-state index in [9.17, 15) is 4.57 Å². The third-order valence-corrected chi connectivity index (χ3v) is 0. The van der Waals surface area contributed by atoms with Crippen molar-refractivity contribution in [3.8, 4) is 0 Å². The lowest BCUT2D eigenvalue weighted by Gasteiger charge is -1.74. The van der Waals surface area contributed by atoms with E-state index in [0.29, 0.717) is 0 Å². The van der Waals surface area contributed by atoms with Crippen LogP contribution < -0.4 is 0 Å². The van der Waals surface area contributed by atoms with Gasteiger partial charge in [0.25, 0.3) is 0 Å². The van der Waals surface area contributed by atoms with Gasteiger partial charge in [-0.15, -0.1) is 23.2 Å². The molecule has 9 heavy (non-hydrogen) atoms. The molecule has 1 nitrogen and oxygen atoms in total.